The monoisotopic (exact) mass is 117 g/mol. The van der Waals surface area contributed by atoms with E-state index in [1.165, 1.54) is 6.42 Å². The highest BCUT2D eigenvalue weighted by Crippen LogP contribution is 2.11. The third-order valence-corrected chi connectivity index (χ3v) is 1.29. The molecular formula is C5H11NO2. The molecule has 0 bridgehead atoms. The average molecular weight is 117 g/mol. The summed E-state index contributed by atoms with van der Waals surface area (Å²) in [5.74, 6) is 4.88. The Bertz CT molecular complexity index is 61.4. The van der Waals surface area contributed by atoms with Gasteiger partial charge < -0.3 is 4.74 Å². The highest BCUT2D eigenvalue weighted by molar-refractivity contribution is 4.51. The summed E-state index contributed by atoms with van der Waals surface area (Å²) >= 11 is 0. The van der Waals surface area contributed by atoms with Crippen molar-refractivity contribution in [3.63, 3.8) is 0 Å². The van der Waals surface area contributed by atoms with Crippen molar-refractivity contribution in [3.8, 4) is 0 Å². The lowest BCUT2D eigenvalue weighted by Gasteiger charge is -2.19. The molecule has 0 radical (unpaired) electrons. The molecule has 0 aromatic carbocycles. The molecule has 0 unspecified atom stereocenters. The van der Waals surface area contributed by atoms with E-state index in [-0.39, 0.29) is 6.29 Å². The fourth-order valence-corrected chi connectivity index (χ4v) is 0.819. The van der Waals surface area contributed by atoms with Crippen LogP contribution in [-0.2, 0) is 9.57 Å². The predicted octanol–water partition coefficient (Wildman–Crippen LogP) is 0.403. The zero-order valence-corrected chi connectivity index (χ0v) is 4.80. The van der Waals surface area contributed by atoms with Gasteiger partial charge in [0.2, 0.25) is 0 Å². The van der Waals surface area contributed by atoms with E-state index in [0.29, 0.717) is 0 Å². The van der Waals surface area contributed by atoms with Crippen molar-refractivity contribution >= 4 is 0 Å². The van der Waals surface area contributed by atoms with E-state index in [1.807, 2.05) is 0 Å². The molecule has 0 aliphatic carbocycles. The molecule has 1 rings (SSSR count). The van der Waals surface area contributed by atoms with Gasteiger partial charge in [0, 0.05) is 13.0 Å². The molecule has 1 atom stereocenters. The van der Waals surface area contributed by atoms with Crippen LogP contribution in [0.25, 0.3) is 0 Å². The predicted molar refractivity (Wildman–Crippen MR) is 28.9 cm³/mol. The number of ether oxygens (including phenoxy) is 1. The van der Waals surface area contributed by atoms with Crippen molar-refractivity contribution in [2.24, 2.45) is 5.90 Å². The summed E-state index contributed by atoms with van der Waals surface area (Å²) in [6.45, 7) is 0.794. The third-order valence-electron chi connectivity index (χ3n) is 1.29. The number of rotatable bonds is 1. The molecule has 1 saturated heterocycles. The van der Waals surface area contributed by atoms with Gasteiger partial charge in [-0.25, -0.2) is 5.90 Å². The van der Waals surface area contributed by atoms with E-state index >= 15 is 0 Å². The van der Waals surface area contributed by atoms with Gasteiger partial charge in [-0.3, -0.25) is 4.84 Å². The quantitative estimate of drug-likeness (QED) is 0.506. The molecule has 0 spiro atoms. The van der Waals surface area contributed by atoms with Crippen LogP contribution in [-0.4, -0.2) is 12.9 Å². The van der Waals surface area contributed by atoms with Crippen LogP contribution in [0.2, 0.25) is 0 Å². The largest absolute Gasteiger partial charge is 0.351 e. The van der Waals surface area contributed by atoms with E-state index in [2.05, 4.69) is 4.84 Å². The van der Waals surface area contributed by atoms with Crippen molar-refractivity contribution in [1.29, 1.82) is 0 Å². The van der Waals surface area contributed by atoms with Gasteiger partial charge in [-0.2, -0.15) is 0 Å². The summed E-state index contributed by atoms with van der Waals surface area (Å²) < 4.78 is 5.08. The fraction of sp³-hybridized carbons (Fsp3) is 1.00. The summed E-state index contributed by atoms with van der Waals surface area (Å²) in [6.07, 6.45) is 3.11. The first kappa shape index (κ1) is 6.01. The van der Waals surface area contributed by atoms with Crippen molar-refractivity contribution in [1.82, 2.24) is 0 Å². The van der Waals surface area contributed by atoms with Crippen LogP contribution in [0.5, 0.6) is 0 Å². The van der Waals surface area contributed by atoms with E-state index in [9.17, 15) is 0 Å². The second-order valence-electron chi connectivity index (χ2n) is 1.93. The molecule has 3 nitrogen and oxygen atoms in total. The zero-order valence-electron chi connectivity index (χ0n) is 4.80. The van der Waals surface area contributed by atoms with E-state index in [4.69, 9.17) is 10.6 Å². The Hall–Kier alpha value is -0.120. The molecule has 0 amide bonds. The van der Waals surface area contributed by atoms with Crippen molar-refractivity contribution < 1.29 is 9.57 Å². The maximum atomic E-state index is 5.08. The fourth-order valence-electron chi connectivity index (χ4n) is 0.819. The third kappa shape index (κ3) is 1.43. The van der Waals surface area contributed by atoms with E-state index < -0.39 is 0 Å². The smallest absolute Gasteiger partial charge is 0.176 e. The first-order valence-electron chi connectivity index (χ1n) is 2.90. The highest BCUT2D eigenvalue weighted by Gasteiger charge is 2.11. The standard InChI is InChI=1S/C5H11NO2/c6-8-5-3-1-2-4-7-5/h5H,1-4,6H2/t5-/m1/s1. The lowest BCUT2D eigenvalue weighted by atomic mass is 10.2. The Labute approximate surface area is 48.7 Å². The Morgan fingerprint density at radius 1 is 1.50 bits per heavy atom. The first-order chi connectivity index (χ1) is 3.93. The molecule has 0 saturated carbocycles. The van der Waals surface area contributed by atoms with Gasteiger partial charge in [0.25, 0.3) is 0 Å². The van der Waals surface area contributed by atoms with Gasteiger partial charge in [-0.15, -0.1) is 0 Å². The first-order valence-corrected chi connectivity index (χ1v) is 2.90. The van der Waals surface area contributed by atoms with Gasteiger partial charge in [-0.05, 0) is 12.8 Å². The molecule has 1 aliphatic heterocycles. The van der Waals surface area contributed by atoms with Crippen LogP contribution in [0.15, 0.2) is 0 Å². The second kappa shape index (κ2) is 3.02. The van der Waals surface area contributed by atoms with Crippen molar-refractivity contribution in [2.45, 2.75) is 25.6 Å². The van der Waals surface area contributed by atoms with E-state index in [0.717, 1.165) is 19.4 Å². The van der Waals surface area contributed by atoms with Crippen LogP contribution in [0.3, 0.4) is 0 Å². The lowest BCUT2D eigenvalue weighted by Crippen LogP contribution is -2.24. The Kier molecular flexibility index (Phi) is 2.27. The molecule has 1 heterocycles. The molecule has 1 fully saturated rings. The SMILES string of the molecule is NO[C@@H]1CCCCO1. The molecule has 48 valence electrons. The second-order valence-corrected chi connectivity index (χ2v) is 1.93. The zero-order chi connectivity index (χ0) is 5.82. The van der Waals surface area contributed by atoms with Crippen molar-refractivity contribution in [2.75, 3.05) is 6.61 Å². The van der Waals surface area contributed by atoms with Crippen LogP contribution in [0.1, 0.15) is 19.3 Å². The maximum absolute atomic E-state index is 5.08. The Balaban J connectivity index is 2.13. The minimum Gasteiger partial charge on any atom is -0.351 e. The average Bonchev–Trinajstić information content (AvgIpc) is 1.90. The molecule has 2 N–H and O–H groups in total. The summed E-state index contributed by atoms with van der Waals surface area (Å²) in [5, 5.41) is 0. The molecular weight excluding hydrogens is 106 g/mol. The number of hydrogen-bond acceptors (Lipinski definition) is 3. The lowest BCUT2D eigenvalue weighted by molar-refractivity contribution is -0.164. The Morgan fingerprint density at radius 2 is 2.38 bits per heavy atom. The van der Waals surface area contributed by atoms with Crippen LogP contribution < -0.4 is 5.90 Å². The van der Waals surface area contributed by atoms with Gasteiger partial charge in [0.05, 0.1) is 0 Å². The van der Waals surface area contributed by atoms with Gasteiger partial charge >= 0.3 is 0 Å². The maximum Gasteiger partial charge on any atom is 0.176 e. The van der Waals surface area contributed by atoms with Gasteiger partial charge in [0.1, 0.15) is 0 Å². The van der Waals surface area contributed by atoms with Crippen LogP contribution in [0, 0.1) is 0 Å². The topological polar surface area (TPSA) is 44.5 Å². The number of nitrogens with two attached hydrogens (primary N) is 1. The van der Waals surface area contributed by atoms with Gasteiger partial charge in [-0.1, -0.05) is 0 Å². The molecule has 8 heavy (non-hydrogen) atoms. The van der Waals surface area contributed by atoms with Gasteiger partial charge in [0.15, 0.2) is 6.29 Å². The van der Waals surface area contributed by atoms with E-state index in [1.54, 1.807) is 0 Å². The Morgan fingerprint density at radius 3 is 2.75 bits per heavy atom. The minimum atomic E-state index is -0.135. The summed E-state index contributed by atoms with van der Waals surface area (Å²) in [4.78, 5) is 4.47. The highest BCUT2D eigenvalue weighted by atomic mass is 16.7. The molecule has 1 aliphatic rings. The van der Waals surface area contributed by atoms with Crippen molar-refractivity contribution in [3.05, 3.63) is 0 Å². The molecule has 3 heteroatoms. The summed E-state index contributed by atoms with van der Waals surface area (Å²) in [5.41, 5.74) is 0. The summed E-state index contributed by atoms with van der Waals surface area (Å²) in [7, 11) is 0. The van der Waals surface area contributed by atoms with Crippen LogP contribution in [0.4, 0.5) is 0 Å². The normalized spacial score (nSPS) is 30.4. The molecule has 0 aromatic rings. The summed E-state index contributed by atoms with van der Waals surface area (Å²) in [6, 6.07) is 0. The molecule has 0 aromatic heterocycles. The minimum absolute atomic E-state index is 0.135. The van der Waals surface area contributed by atoms with Crippen LogP contribution >= 0.6 is 0 Å². The number of hydrogen-bond donors (Lipinski definition) is 1.